The molecular formula is C12H8ClF5N2O. The van der Waals surface area contributed by atoms with Crippen molar-refractivity contribution in [3.8, 4) is 5.75 Å². The number of nitrogens with zero attached hydrogens (tertiary/aromatic N) is 2. The second-order valence-electron chi connectivity index (χ2n) is 4.25. The lowest BCUT2D eigenvalue weighted by atomic mass is 10.1. The monoisotopic (exact) mass is 326 g/mol. The summed E-state index contributed by atoms with van der Waals surface area (Å²) in [6.07, 6.45) is -5.80. The summed E-state index contributed by atoms with van der Waals surface area (Å²) in [7, 11) is 1.38. The molecular weight excluding hydrogens is 319 g/mol. The van der Waals surface area contributed by atoms with Gasteiger partial charge >= 0.3 is 12.1 Å². The first-order valence-corrected chi connectivity index (χ1v) is 5.92. The third kappa shape index (κ3) is 2.59. The molecule has 0 saturated carbocycles. The molecule has 114 valence electrons. The highest BCUT2D eigenvalue weighted by molar-refractivity contribution is 6.34. The van der Waals surface area contributed by atoms with Crippen molar-refractivity contribution in [3.63, 3.8) is 0 Å². The van der Waals surface area contributed by atoms with Crippen LogP contribution in [0.2, 0.25) is 5.15 Å². The molecule has 1 heterocycles. The van der Waals surface area contributed by atoms with E-state index < -0.39 is 23.1 Å². The zero-order chi connectivity index (χ0) is 16.0. The Bertz CT molecular complexity index is 702. The fourth-order valence-electron chi connectivity index (χ4n) is 1.72. The first kappa shape index (κ1) is 15.7. The standard InChI is InChI=1S/C12H8ClF5N2O/c1-5-3-6(21-2)4-7-8(5)19-10(20-9(7)13)11(14,15)12(16,17)18/h3-4H,1-2H3. The Kier molecular flexibility index (Phi) is 3.69. The van der Waals surface area contributed by atoms with Crippen LogP contribution >= 0.6 is 11.6 Å². The van der Waals surface area contributed by atoms with Gasteiger partial charge in [0.15, 0.2) is 0 Å². The van der Waals surface area contributed by atoms with Gasteiger partial charge < -0.3 is 4.74 Å². The van der Waals surface area contributed by atoms with Gasteiger partial charge in [0.05, 0.1) is 12.6 Å². The third-order valence-electron chi connectivity index (χ3n) is 2.79. The number of aromatic nitrogens is 2. The lowest BCUT2D eigenvalue weighted by molar-refractivity contribution is -0.292. The summed E-state index contributed by atoms with van der Waals surface area (Å²) in [6.45, 7) is 1.49. The molecule has 0 N–H and O–H groups in total. The molecule has 0 radical (unpaired) electrons. The minimum Gasteiger partial charge on any atom is -0.497 e. The van der Waals surface area contributed by atoms with Crippen molar-refractivity contribution in [2.45, 2.75) is 19.0 Å². The van der Waals surface area contributed by atoms with Crippen LogP contribution in [0, 0.1) is 6.92 Å². The molecule has 0 bridgehead atoms. The first-order chi connectivity index (χ1) is 9.57. The SMILES string of the molecule is COc1cc(C)c2nc(C(F)(F)C(F)(F)F)nc(Cl)c2c1. The van der Waals surface area contributed by atoms with Crippen molar-refractivity contribution >= 4 is 22.5 Å². The maximum atomic E-state index is 13.3. The normalized spacial score (nSPS) is 12.8. The highest BCUT2D eigenvalue weighted by Gasteiger charge is 2.61. The summed E-state index contributed by atoms with van der Waals surface area (Å²) in [5.74, 6) is -6.50. The van der Waals surface area contributed by atoms with Crippen molar-refractivity contribution in [1.29, 1.82) is 0 Å². The van der Waals surface area contributed by atoms with E-state index in [4.69, 9.17) is 16.3 Å². The minimum atomic E-state index is -5.80. The number of aryl methyl sites for hydroxylation is 1. The van der Waals surface area contributed by atoms with Crippen LogP contribution < -0.4 is 4.74 Å². The molecule has 1 aromatic carbocycles. The summed E-state index contributed by atoms with van der Waals surface area (Å²) in [4.78, 5) is 6.41. The molecule has 2 aromatic rings. The Morgan fingerprint density at radius 3 is 2.24 bits per heavy atom. The van der Waals surface area contributed by atoms with E-state index in [-0.39, 0.29) is 10.9 Å². The van der Waals surface area contributed by atoms with Crippen LogP contribution in [0.1, 0.15) is 11.4 Å². The van der Waals surface area contributed by atoms with Gasteiger partial charge in [-0.3, -0.25) is 0 Å². The van der Waals surface area contributed by atoms with Crippen molar-refractivity contribution in [2.24, 2.45) is 0 Å². The van der Waals surface area contributed by atoms with E-state index >= 15 is 0 Å². The van der Waals surface area contributed by atoms with Gasteiger partial charge in [0.25, 0.3) is 0 Å². The minimum absolute atomic E-state index is 0.0882. The van der Waals surface area contributed by atoms with Gasteiger partial charge in [-0.2, -0.15) is 22.0 Å². The van der Waals surface area contributed by atoms with Crippen molar-refractivity contribution in [2.75, 3.05) is 7.11 Å². The maximum absolute atomic E-state index is 13.3. The van der Waals surface area contributed by atoms with Gasteiger partial charge in [-0.05, 0) is 24.6 Å². The second kappa shape index (κ2) is 4.94. The topological polar surface area (TPSA) is 35.0 Å². The molecule has 3 nitrogen and oxygen atoms in total. The van der Waals surface area contributed by atoms with Crippen LogP contribution in [0.15, 0.2) is 12.1 Å². The van der Waals surface area contributed by atoms with E-state index in [1.54, 1.807) is 0 Å². The third-order valence-corrected chi connectivity index (χ3v) is 3.08. The number of methoxy groups -OCH3 is 1. The highest BCUT2D eigenvalue weighted by atomic mass is 35.5. The molecule has 0 aliphatic heterocycles. The van der Waals surface area contributed by atoms with E-state index in [0.717, 1.165) is 0 Å². The average molecular weight is 327 g/mol. The van der Waals surface area contributed by atoms with Crippen LogP contribution in [-0.4, -0.2) is 23.3 Å². The van der Waals surface area contributed by atoms with Crippen LogP contribution in [0.4, 0.5) is 22.0 Å². The smallest absolute Gasteiger partial charge is 0.461 e. The van der Waals surface area contributed by atoms with E-state index in [0.29, 0.717) is 11.3 Å². The lowest BCUT2D eigenvalue weighted by Gasteiger charge is -2.19. The molecule has 0 unspecified atom stereocenters. The van der Waals surface area contributed by atoms with Crippen molar-refractivity contribution < 1.29 is 26.7 Å². The molecule has 1 aromatic heterocycles. The zero-order valence-electron chi connectivity index (χ0n) is 10.7. The number of fused-ring (bicyclic) bond motifs is 1. The largest absolute Gasteiger partial charge is 0.497 e. The van der Waals surface area contributed by atoms with Crippen LogP contribution in [0.3, 0.4) is 0 Å². The van der Waals surface area contributed by atoms with Crippen LogP contribution in [0.25, 0.3) is 10.9 Å². The Labute approximate surface area is 120 Å². The number of ether oxygens (including phenoxy) is 1. The summed E-state index contributed by atoms with van der Waals surface area (Å²) < 4.78 is 68.7. The van der Waals surface area contributed by atoms with Gasteiger partial charge in [-0.1, -0.05) is 11.6 Å². The Balaban J connectivity index is 2.74. The second-order valence-corrected chi connectivity index (χ2v) is 4.61. The zero-order valence-corrected chi connectivity index (χ0v) is 11.5. The fourth-order valence-corrected chi connectivity index (χ4v) is 1.95. The summed E-state index contributed by atoms with van der Waals surface area (Å²) in [5, 5.41) is -0.365. The Morgan fingerprint density at radius 2 is 1.71 bits per heavy atom. The lowest BCUT2D eigenvalue weighted by Crippen LogP contribution is -2.35. The molecule has 0 saturated heterocycles. The Hall–Kier alpha value is -1.70. The van der Waals surface area contributed by atoms with E-state index in [9.17, 15) is 22.0 Å². The maximum Gasteiger partial charge on any atom is 0.461 e. The molecule has 0 fully saturated rings. The average Bonchev–Trinajstić information content (AvgIpc) is 2.37. The molecule has 0 spiro atoms. The fraction of sp³-hybridized carbons (Fsp3) is 0.333. The van der Waals surface area contributed by atoms with Gasteiger partial charge in [-0.25, -0.2) is 9.97 Å². The highest BCUT2D eigenvalue weighted by Crippen LogP contribution is 2.43. The number of benzene rings is 1. The number of hydrogen-bond donors (Lipinski definition) is 0. The predicted octanol–water partition coefficient (Wildman–Crippen LogP) is 4.25. The summed E-state index contributed by atoms with van der Waals surface area (Å²) in [6, 6.07) is 2.81. The van der Waals surface area contributed by atoms with E-state index in [1.807, 2.05) is 0 Å². The molecule has 0 aliphatic rings. The van der Waals surface area contributed by atoms with E-state index in [2.05, 4.69) is 9.97 Å². The van der Waals surface area contributed by atoms with Gasteiger partial charge in [0.1, 0.15) is 10.9 Å². The van der Waals surface area contributed by atoms with Crippen molar-refractivity contribution in [3.05, 3.63) is 28.7 Å². The molecule has 0 atom stereocenters. The molecule has 0 aliphatic carbocycles. The first-order valence-electron chi connectivity index (χ1n) is 5.55. The molecule has 2 rings (SSSR count). The van der Waals surface area contributed by atoms with Crippen LogP contribution in [0.5, 0.6) is 5.75 Å². The van der Waals surface area contributed by atoms with Gasteiger partial charge in [0, 0.05) is 5.39 Å². The van der Waals surface area contributed by atoms with Crippen molar-refractivity contribution in [1.82, 2.24) is 9.97 Å². The number of rotatable bonds is 2. The number of halogens is 6. The molecule has 21 heavy (non-hydrogen) atoms. The number of hydrogen-bond acceptors (Lipinski definition) is 3. The Morgan fingerprint density at radius 1 is 1.10 bits per heavy atom. The molecule has 0 amide bonds. The van der Waals surface area contributed by atoms with Gasteiger partial charge in [-0.15, -0.1) is 0 Å². The van der Waals surface area contributed by atoms with E-state index in [1.165, 1.54) is 26.2 Å². The van der Waals surface area contributed by atoms with Crippen LogP contribution in [-0.2, 0) is 5.92 Å². The quantitative estimate of drug-likeness (QED) is 0.611. The summed E-state index contributed by atoms with van der Waals surface area (Å²) in [5.41, 5.74) is 0.252. The van der Waals surface area contributed by atoms with Gasteiger partial charge in [0.2, 0.25) is 5.82 Å². The summed E-state index contributed by atoms with van der Waals surface area (Å²) >= 11 is 5.71. The number of alkyl halides is 5. The predicted molar refractivity (Wildman–Crippen MR) is 65.8 cm³/mol. The molecule has 9 heteroatoms.